The van der Waals surface area contributed by atoms with Crippen molar-refractivity contribution in [2.45, 2.75) is 6.92 Å². The first-order valence-corrected chi connectivity index (χ1v) is 8.27. The van der Waals surface area contributed by atoms with E-state index in [9.17, 15) is 4.79 Å². The van der Waals surface area contributed by atoms with Crippen molar-refractivity contribution in [1.82, 2.24) is 9.97 Å². The second-order valence-electron chi connectivity index (χ2n) is 6.00. The molecule has 0 bridgehead atoms. The molecule has 4 rings (SSSR count). The van der Waals surface area contributed by atoms with E-state index in [0.29, 0.717) is 17.0 Å². The number of nitrogens with one attached hydrogen (secondary N) is 2. The number of amides is 1. The Morgan fingerprint density at radius 1 is 1.04 bits per heavy atom. The fraction of sp³-hybridized carbons (Fsp3) is 0.0476. The van der Waals surface area contributed by atoms with Crippen LogP contribution in [0.4, 0.5) is 5.69 Å². The number of aromatic nitrogens is 2. The number of benzene rings is 3. The second-order valence-corrected chi connectivity index (χ2v) is 6.00. The number of anilines is 1. The average Bonchev–Trinajstić information content (AvgIpc) is 3.11. The van der Waals surface area contributed by atoms with Gasteiger partial charge in [-0.05, 0) is 55.0 Å². The third kappa shape index (κ3) is 3.28. The minimum Gasteiger partial charge on any atom is -0.455 e. The van der Waals surface area contributed by atoms with Crippen LogP contribution in [0.3, 0.4) is 0 Å². The molecule has 0 atom stereocenters. The van der Waals surface area contributed by atoms with E-state index in [2.05, 4.69) is 15.3 Å². The maximum Gasteiger partial charge on any atom is 0.255 e. The first kappa shape index (κ1) is 15.9. The summed E-state index contributed by atoms with van der Waals surface area (Å²) in [5.74, 6) is 1.11. The topological polar surface area (TPSA) is 67.0 Å². The zero-order valence-corrected chi connectivity index (χ0v) is 14.2. The maximum atomic E-state index is 12.6. The van der Waals surface area contributed by atoms with Gasteiger partial charge in [-0.2, -0.15) is 0 Å². The quantitative estimate of drug-likeness (QED) is 0.553. The zero-order chi connectivity index (χ0) is 17.9. The molecular weight excluding hydrogens is 326 g/mol. The standard InChI is InChI=1S/C21H17N3O2/c1-14-5-4-6-16(11-14)26-20-8-3-2-7-18(20)24-21(25)15-9-10-17-19(12-15)23-13-22-17/h2-13H,1H3,(H,22,23)(H,24,25). The number of hydrogen-bond acceptors (Lipinski definition) is 3. The summed E-state index contributed by atoms with van der Waals surface area (Å²) in [5.41, 5.74) is 3.92. The SMILES string of the molecule is Cc1cccc(Oc2ccccc2NC(=O)c2ccc3nc[nH]c3c2)c1. The van der Waals surface area contributed by atoms with Crippen LogP contribution in [0.2, 0.25) is 0 Å². The van der Waals surface area contributed by atoms with Gasteiger partial charge in [0.15, 0.2) is 5.75 Å². The molecule has 0 aliphatic carbocycles. The summed E-state index contributed by atoms with van der Waals surface area (Å²) < 4.78 is 5.95. The smallest absolute Gasteiger partial charge is 0.255 e. The fourth-order valence-corrected chi connectivity index (χ4v) is 2.74. The van der Waals surface area contributed by atoms with E-state index in [1.54, 1.807) is 18.5 Å². The van der Waals surface area contributed by atoms with Crippen molar-refractivity contribution >= 4 is 22.6 Å². The van der Waals surface area contributed by atoms with Crippen LogP contribution in [0.1, 0.15) is 15.9 Å². The van der Waals surface area contributed by atoms with Crippen molar-refractivity contribution in [3.8, 4) is 11.5 Å². The number of aryl methyl sites for hydroxylation is 1. The van der Waals surface area contributed by atoms with Crippen LogP contribution < -0.4 is 10.1 Å². The summed E-state index contributed by atoms with van der Waals surface area (Å²) in [5, 5.41) is 2.92. The molecule has 4 aromatic rings. The molecule has 0 saturated heterocycles. The van der Waals surface area contributed by atoms with Crippen molar-refractivity contribution in [2.24, 2.45) is 0 Å². The average molecular weight is 343 g/mol. The zero-order valence-electron chi connectivity index (χ0n) is 14.2. The molecule has 128 valence electrons. The molecule has 0 radical (unpaired) electrons. The number of para-hydroxylation sites is 2. The Morgan fingerprint density at radius 2 is 1.92 bits per heavy atom. The summed E-state index contributed by atoms with van der Waals surface area (Å²) in [4.78, 5) is 19.8. The summed E-state index contributed by atoms with van der Waals surface area (Å²) in [6, 6.07) is 20.5. The molecule has 0 aliphatic rings. The van der Waals surface area contributed by atoms with Crippen LogP contribution in [0.15, 0.2) is 73.1 Å². The van der Waals surface area contributed by atoms with Crippen molar-refractivity contribution < 1.29 is 9.53 Å². The number of H-pyrrole nitrogens is 1. The number of carbonyl (C=O) groups excluding carboxylic acids is 1. The number of rotatable bonds is 4. The molecule has 26 heavy (non-hydrogen) atoms. The lowest BCUT2D eigenvalue weighted by atomic mass is 10.2. The summed E-state index contributed by atoms with van der Waals surface area (Å²) in [6.45, 7) is 2.01. The minimum atomic E-state index is -0.207. The molecule has 0 unspecified atom stereocenters. The summed E-state index contributed by atoms with van der Waals surface area (Å²) >= 11 is 0. The first-order chi connectivity index (χ1) is 12.7. The van der Waals surface area contributed by atoms with Gasteiger partial charge in [-0.25, -0.2) is 4.98 Å². The van der Waals surface area contributed by atoms with Crippen LogP contribution in [0.25, 0.3) is 11.0 Å². The highest BCUT2D eigenvalue weighted by Crippen LogP contribution is 2.30. The Hall–Kier alpha value is -3.60. The van der Waals surface area contributed by atoms with Gasteiger partial charge in [-0.15, -0.1) is 0 Å². The molecule has 0 fully saturated rings. The van der Waals surface area contributed by atoms with Gasteiger partial charge in [0.05, 0.1) is 23.0 Å². The van der Waals surface area contributed by atoms with Crippen LogP contribution in [0, 0.1) is 6.92 Å². The van der Waals surface area contributed by atoms with Gasteiger partial charge in [0.1, 0.15) is 5.75 Å². The van der Waals surface area contributed by atoms with Crippen molar-refractivity contribution in [3.05, 3.63) is 84.2 Å². The third-order valence-corrected chi connectivity index (χ3v) is 4.04. The molecule has 5 nitrogen and oxygen atoms in total. The highest BCUT2D eigenvalue weighted by Gasteiger charge is 2.11. The van der Waals surface area contributed by atoms with Crippen LogP contribution >= 0.6 is 0 Å². The Balaban J connectivity index is 1.58. The van der Waals surface area contributed by atoms with Gasteiger partial charge in [-0.3, -0.25) is 4.79 Å². The molecule has 0 aliphatic heterocycles. The molecule has 3 aromatic carbocycles. The number of nitrogens with zero attached hydrogens (tertiary/aromatic N) is 1. The van der Waals surface area contributed by atoms with E-state index >= 15 is 0 Å². The van der Waals surface area contributed by atoms with E-state index in [-0.39, 0.29) is 5.91 Å². The highest BCUT2D eigenvalue weighted by molar-refractivity contribution is 6.06. The van der Waals surface area contributed by atoms with Crippen molar-refractivity contribution in [1.29, 1.82) is 0 Å². The lowest BCUT2D eigenvalue weighted by Crippen LogP contribution is -2.12. The molecular formula is C21H17N3O2. The third-order valence-electron chi connectivity index (χ3n) is 4.04. The number of carbonyl (C=O) groups is 1. The van der Waals surface area contributed by atoms with Crippen LogP contribution in [0.5, 0.6) is 11.5 Å². The number of ether oxygens (including phenoxy) is 1. The fourth-order valence-electron chi connectivity index (χ4n) is 2.74. The lowest BCUT2D eigenvalue weighted by molar-refractivity contribution is 0.102. The summed E-state index contributed by atoms with van der Waals surface area (Å²) in [6.07, 6.45) is 1.61. The lowest BCUT2D eigenvalue weighted by Gasteiger charge is -2.12. The number of imidazole rings is 1. The number of aromatic amines is 1. The number of hydrogen-bond donors (Lipinski definition) is 2. The first-order valence-electron chi connectivity index (χ1n) is 8.27. The maximum absolute atomic E-state index is 12.6. The molecule has 5 heteroatoms. The largest absolute Gasteiger partial charge is 0.455 e. The van der Waals surface area contributed by atoms with Crippen LogP contribution in [-0.2, 0) is 0 Å². The monoisotopic (exact) mass is 343 g/mol. The molecule has 2 N–H and O–H groups in total. The molecule has 0 saturated carbocycles. The van der Waals surface area contributed by atoms with E-state index in [0.717, 1.165) is 22.3 Å². The highest BCUT2D eigenvalue weighted by atomic mass is 16.5. The summed E-state index contributed by atoms with van der Waals surface area (Å²) in [7, 11) is 0. The van der Waals surface area contributed by atoms with Crippen LogP contribution in [-0.4, -0.2) is 15.9 Å². The normalized spacial score (nSPS) is 10.7. The molecule has 1 amide bonds. The van der Waals surface area contributed by atoms with E-state index in [1.807, 2.05) is 61.5 Å². The van der Waals surface area contributed by atoms with Gasteiger partial charge >= 0.3 is 0 Å². The van der Waals surface area contributed by atoms with Gasteiger partial charge in [-0.1, -0.05) is 24.3 Å². The van der Waals surface area contributed by atoms with E-state index in [1.165, 1.54) is 0 Å². The van der Waals surface area contributed by atoms with Gasteiger partial charge in [0.2, 0.25) is 0 Å². The molecule has 1 heterocycles. The Labute approximate surface area is 150 Å². The van der Waals surface area contributed by atoms with Gasteiger partial charge < -0.3 is 15.0 Å². The molecule has 1 aromatic heterocycles. The molecule has 0 spiro atoms. The Kier molecular flexibility index (Phi) is 4.11. The van der Waals surface area contributed by atoms with E-state index in [4.69, 9.17) is 4.74 Å². The number of fused-ring (bicyclic) bond motifs is 1. The van der Waals surface area contributed by atoms with Gasteiger partial charge in [0, 0.05) is 5.56 Å². The second kappa shape index (κ2) is 6.72. The predicted octanol–water partition coefficient (Wildman–Crippen LogP) is 4.92. The predicted molar refractivity (Wildman–Crippen MR) is 102 cm³/mol. The van der Waals surface area contributed by atoms with Crippen molar-refractivity contribution in [3.63, 3.8) is 0 Å². The van der Waals surface area contributed by atoms with E-state index < -0.39 is 0 Å². The Bertz CT molecular complexity index is 1090. The minimum absolute atomic E-state index is 0.207. The van der Waals surface area contributed by atoms with Gasteiger partial charge in [0.25, 0.3) is 5.91 Å². The Morgan fingerprint density at radius 3 is 2.81 bits per heavy atom. The van der Waals surface area contributed by atoms with Crippen molar-refractivity contribution in [2.75, 3.05) is 5.32 Å².